The Morgan fingerprint density at radius 2 is 1.70 bits per heavy atom. The molecule has 0 saturated heterocycles. The van der Waals surface area contributed by atoms with E-state index in [4.69, 9.17) is 10.5 Å². The molecule has 274 valence electrons. The second-order valence-electron chi connectivity index (χ2n) is 14.9. The van der Waals surface area contributed by atoms with Gasteiger partial charge in [-0.25, -0.2) is 4.98 Å². The first-order chi connectivity index (χ1) is 25.5. The fourth-order valence-electron chi connectivity index (χ4n) is 8.03. The highest BCUT2D eigenvalue weighted by molar-refractivity contribution is 6.03. The third-order valence-electron chi connectivity index (χ3n) is 10.9. The molecule has 2 aliphatic heterocycles. The van der Waals surface area contributed by atoms with Crippen LogP contribution >= 0.6 is 0 Å². The van der Waals surface area contributed by atoms with Crippen molar-refractivity contribution in [2.75, 3.05) is 23.7 Å². The molecule has 0 saturated carbocycles. The molecule has 7 heteroatoms. The van der Waals surface area contributed by atoms with E-state index in [1.807, 2.05) is 12.1 Å². The maximum absolute atomic E-state index is 13.2. The van der Waals surface area contributed by atoms with Gasteiger partial charge in [0, 0.05) is 60.1 Å². The minimum absolute atomic E-state index is 0.0512. The van der Waals surface area contributed by atoms with Crippen molar-refractivity contribution in [1.29, 1.82) is 0 Å². The van der Waals surface area contributed by atoms with Crippen LogP contribution in [0.3, 0.4) is 0 Å². The van der Waals surface area contributed by atoms with Gasteiger partial charge in [-0.2, -0.15) is 9.56 Å². The number of para-hydroxylation sites is 1. The molecule has 0 spiro atoms. The topological polar surface area (TPSA) is 84.3 Å². The zero-order valence-electron chi connectivity index (χ0n) is 32.2. The molecule has 7 nitrogen and oxygen atoms in total. The number of anilines is 2. The Balaban J connectivity index is 1.09. The van der Waals surface area contributed by atoms with Gasteiger partial charge in [-0.15, -0.1) is 0 Å². The highest BCUT2D eigenvalue weighted by Crippen LogP contribution is 2.51. The van der Waals surface area contributed by atoms with Gasteiger partial charge in [0.15, 0.2) is 5.71 Å². The van der Waals surface area contributed by atoms with Crippen LogP contribution in [0.4, 0.5) is 17.2 Å². The predicted molar refractivity (Wildman–Crippen MR) is 217 cm³/mol. The van der Waals surface area contributed by atoms with Crippen LogP contribution in [0.15, 0.2) is 115 Å². The summed E-state index contributed by atoms with van der Waals surface area (Å²) in [5.41, 5.74) is 16.8. The molecule has 2 N–H and O–H groups in total. The van der Waals surface area contributed by atoms with Crippen molar-refractivity contribution in [3.8, 4) is 6.01 Å². The molecule has 0 fully saturated rings. The lowest BCUT2D eigenvalue weighted by Crippen LogP contribution is -2.28. The largest absolute Gasteiger partial charge is 0.459 e. The molecule has 2 aliphatic rings. The van der Waals surface area contributed by atoms with Crippen molar-refractivity contribution >= 4 is 28.7 Å². The second kappa shape index (κ2) is 16.2. The highest BCUT2D eigenvalue weighted by atomic mass is 16.5. The third kappa shape index (κ3) is 8.04. The summed E-state index contributed by atoms with van der Waals surface area (Å²) in [6.45, 7) is 15.8. The predicted octanol–water partition coefficient (Wildman–Crippen LogP) is 9.51. The molecule has 1 unspecified atom stereocenters. The first kappa shape index (κ1) is 37.5. The van der Waals surface area contributed by atoms with Crippen LogP contribution in [-0.2, 0) is 28.7 Å². The summed E-state index contributed by atoms with van der Waals surface area (Å²) in [4.78, 5) is 23.8. The Morgan fingerprint density at radius 1 is 0.925 bits per heavy atom. The average Bonchev–Trinajstić information content (AvgIpc) is 3.52. The SMILES string of the molecule is CCN1/C(=C/C=C/C=C/C2=[N+](CC)c3ccccc3C2(C)C)C(C)(CCCC(=O)CCc2ccc(COc3nccc(N)n3)cc2)c2cc(C)ccc21. The fourth-order valence-corrected chi connectivity index (χ4v) is 8.03. The van der Waals surface area contributed by atoms with Gasteiger partial charge in [0.1, 0.15) is 24.8 Å². The number of nitrogen functional groups attached to an aromatic ring is 1. The van der Waals surface area contributed by atoms with Crippen molar-refractivity contribution in [1.82, 2.24) is 9.97 Å². The Morgan fingerprint density at radius 3 is 2.45 bits per heavy atom. The first-order valence-corrected chi connectivity index (χ1v) is 19.0. The lowest BCUT2D eigenvalue weighted by Gasteiger charge is -2.30. The molecule has 1 aromatic heterocycles. The van der Waals surface area contributed by atoms with Crippen molar-refractivity contribution in [2.45, 2.75) is 91.1 Å². The number of hydrogen-bond acceptors (Lipinski definition) is 6. The van der Waals surface area contributed by atoms with Gasteiger partial charge in [-0.05, 0) is 95.7 Å². The molecule has 4 aromatic rings. The quantitative estimate of drug-likeness (QED) is 0.0979. The standard InChI is InChI=1S/C46H54N5O2/c1-7-50-39-17-13-12-16-37(39)45(4,5)41(50)18-10-9-11-19-42-46(6,38-31-33(3)20-27-40(38)51(42)8-2)29-14-15-36(52)26-25-34-21-23-35(24-22-34)32-53-44-48-30-28-43(47)49-44/h9-13,16-24,27-28,30-31H,7-8,14-15,25-26,29,32H2,1-6H3,(H2,47,48,49)/q+1. The van der Waals surface area contributed by atoms with E-state index in [1.165, 1.54) is 39.5 Å². The molecule has 0 amide bonds. The number of fused-ring (bicyclic) bond motifs is 2. The molecule has 3 aromatic carbocycles. The number of ether oxygens (including phenoxy) is 1. The number of ketones is 1. The van der Waals surface area contributed by atoms with Crippen LogP contribution in [0.1, 0.15) is 88.1 Å². The first-order valence-electron chi connectivity index (χ1n) is 19.0. The molecule has 6 rings (SSSR count). The van der Waals surface area contributed by atoms with Crippen LogP contribution < -0.4 is 15.4 Å². The summed E-state index contributed by atoms with van der Waals surface area (Å²) >= 11 is 0. The van der Waals surface area contributed by atoms with Gasteiger partial charge in [0.25, 0.3) is 0 Å². The number of aryl methyl sites for hydroxylation is 2. The number of aromatic nitrogens is 2. The van der Waals surface area contributed by atoms with Gasteiger partial charge in [-0.3, -0.25) is 4.79 Å². The lowest BCUT2D eigenvalue weighted by atomic mass is 9.76. The summed E-state index contributed by atoms with van der Waals surface area (Å²) in [5, 5.41) is 0. The number of nitrogens with zero attached hydrogens (tertiary/aromatic N) is 4. The van der Waals surface area contributed by atoms with E-state index >= 15 is 0 Å². The Hall–Kier alpha value is -5.30. The van der Waals surface area contributed by atoms with Gasteiger partial charge >= 0.3 is 6.01 Å². The molecular weight excluding hydrogens is 655 g/mol. The minimum Gasteiger partial charge on any atom is -0.459 e. The highest BCUT2D eigenvalue weighted by Gasteiger charge is 2.44. The van der Waals surface area contributed by atoms with Gasteiger partial charge in [0.05, 0.1) is 5.41 Å². The van der Waals surface area contributed by atoms with Crippen LogP contribution in [-0.4, -0.2) is 39.1 Å². The number of carbonyl (C=O) groups is 1. The maximum Gasteiger partial charge on any atom is 0.318 e. The molecule has 0 aliphatic carbocycles. The maximum atomic E-state index is 13.2. The van der Waals surface area contributed by atoms with Crippen LogP contribution in [0.2, 0.25) is 0 Å². The number of likely N-dealkylation sites (N-methyl/N-ethyl adjacent to an activating group) is 1. The van der Waals surface area contributed by atoms with E-state index in [0.717, 1.165) is 43.5 Å². The number of hydrogen-bond donors (Lipinski definition) is 1. The minimum atomic E-state index is -0.192. The van der Waals surface area contributed by atoms with E-state index in [1.54, 1.807) is 12.3 Å². The van der Waals surface area contributed by atoms with E-state index < -0.39 is 0 Å². The van der Waals surface area contributed by atoms with Crippen molar-refractivity contribution in [2.24, 2.45) is 0 Å². The number of allylic oxidation sites excluding steroid dienone is 6. The Labute approximate surface area is 315 Å². The molecule has 3 heterocycles. The summed E-state index contributed by atoms with van der Waals surface area (Å²) in [6, 6.07) is 25.6. The van der Waals surface area contributed by atoms with Crippen molar-refractivity contribution in [3.63, 3.8) is 0 Å². The summed E-state index contributed by atoms with van der Waals surface area (Å²) < 4.78 is 8.09. The average molecular weight is 709 g/mol. The van der Waals surface area contributed by atoms with Gasteiger partial charge < -0.3 is 15.4 Å². The monoisotopic (exact) mass is 708 g/mol. The van der Waals surface area contributed by atoms with Gasteiger partial charge in [-0.1, -0.05) is 78.4 Å². The Kier molecular flexibility index (Phi) is 11.4. The molecule has 0 radical (unpaired) electrons. The summed E-state index contributed by atoms with van der Waals surface area (Å²) in [7, 11) is 0. The molecule has 0 bridgehead atoms. The Bertz CT molecular complexity index is 2070. The number of benzene rings is 3. The third-order valence-corrected chi connectivity index (χ3v) is 10.9. The normalized spacial score (nSPS) is 18.4. The van der Waals surface area contributed by atoms with Crippen molar-refractivity contribution in [3.05, 3.63) is 143 Å². The van der Waals surface area contributed by atoms with Crippen LogP contribution in [0, 0.1) is 6.92 Å². The van der Waals surface area contributed by atoms with Gasteiger partial charge in [0.2, 0.25) is 5.69 Å². The fraction of sp³-hybridized carbons (Fsp3) is 0.348. The van der Waals surface area contributed by atoms with E-state index in [-0.39, 0.29) is 16.8 Å². The number of carbonyl (C=O) groups excluding carboxylic acids is 1. The molecule has 53 heavy (non-hydrogen) atoms. The van der Waals surface area contributed by atoms with Crippen molar-refractivity contribution < 1.29 is 14.1 Å². The molecule has 1 atom stereocenters. The summed E-state index contributed by atoms with van der Waals surface area (Å²) in [5.74, 6) is 0.683. The van der Waals surface area contributed by atoms with Crippen LogP contribution in [0.5, 0.6) is 6.01 Å². The smallest absolute Gasteiger partial charge is 0.318 e. The lowest BCUT2D eigenvalue weighted by molar-refractivity contribution is -0.433. The number of nitrogens with two attached hydrogens (primary N) is 1. The number of rotatable bonds is 15. The zero-order chi connectivity index (χ0) is 37.6. The van der Waals surface area contributed by atoms with E-state index in [2.05, 4.69) is 146 Å². The summed E-state index contributed by atoms with van der Waals surface area (Å²) in [6.07, 6.45) is 16.2. The van der Waals surface area contributed by atoms with E-state index in [0.29, 0.717) is 31.0 Å². The van der Waals surface area contributed by atoms with Crippen LogP contribution in [0.25, 0.3) is 0 Å². The number of Topliss-reactive ketones (excluding diaryl/α,β-unsaturated/α-hetero) is 1. The zero-order valence-corrected chi connectivity index (χ0v) is 32.2. The second-order valence-corrected chi connectivity index (χ2v) is 14.9. The molecular formula is C46H54N5O2+. The van der Waals surface area contributed by atoms with E-state index in [9.17, 15) is 4.79 Å².